The topological polar surface area (TPSA) is 75.6 Å². The molecule has 4 rings (SSSR count). The van der Waals surface area contributed by atoms with Gasteiger partial charge in [0.05, 0.1) is 11.5 Å². The molecule has 0 spiro atoms. The van der Waals surface area contributed by atoms with Crippen LogP contribution < -0.4 is 5.32 Å². The number of ether oxygens (including phenoxy) is 1. The van der Waals surface area contributed by atoms with Gasteiger partial charge in [0.25, 0.3) is 0 Å². The zero-order chi connectivity index (χ0) is 13.3. The number of hydrogen-bond acceptors (Lipinski definition) is 3. The number of carbonyl (C=O) groups is 2. The second kappa shape index (κ2) is 3.19. The van der Waals surface area contributed by atoms with Crippen LogP contribution in [0.2, 0.25) is 0 Å². The van der Waals surface area contributed by atoms with E-state index in [1.54, 1.807) is 20.8 Å². The number of carbonyl (C=O) groups excluding carboxylic acids is 1. The van der Waals surface area contributed by atoms with Gasteiger partial charge >= 0.3 is 12.1 Å². The molecule has 4 bridgehead atoms. The van der Waals surface area contributed by atoms with E-state index < -0.39 is 23.1 Å². The van der Waals surface area contributed by atoms with Gasteiger partial charge in [0.1, 0.15) is 5.60 Å². The monoisotopic (exact) mass is 253 g/mol. The minimum Gasteiger partial charge on any atom is -0.481 e. The van der Waals surface area contributed by atoms with E-state index in [9.17, 15) is 14.7 Å². The highest BCUT2D eigenvalue weighted by Gasteiger charge is 2.83. The molecule has 4 saturated carbocycles. The van der Waals surface area contributed by atoms with Crippen molar-refractivity contribution in [1.29, 1.82) is 0 Å². The molecule has 4 fully saturated rings. The van der Waals surface area contributed by atoms with Crippen LogP contribution >= 0.6 is 0 Å². The molecule has 4 aliphatic rings. The summed E-state index contributed by atoms with van der Waals surface area (Å²) in [6, 6.07) is -0.236. The molecule has 3 atom stereocenters. The van der Waals surface area contributed by atoms with E-state index in [1.165, 1.54) is 0 Å². The first kappa shape index (κ1) is 11.8. The Bertz CT molecular complexity index is 413. The van der Waals surface area contributed by atoms with Gasteiger partial charge in [0.15, 0.2) is 0 Å². The summed E-state index contributed by atoms with van der Waals surface area (Å²) in [6.45, 7) is 5.40. The Morgan fingerprint density at radius 3 is 2.28 bits per heavy atom. The van der Waals surface area contributed by atoms with E-state index >= 15 is 0 Å². The SMILES string of the molecule is CC(C)(C)OC(=O)NC1C2CC3C(C2)C31C(=O)O. The van der Waals surface area contributed by atoms with Gasteiger partial charge in [-0.05, 0) is 51.4 Å². The molecule has 5 nitrogen and oxygen atoms in total. The zero-order valence-electron chi connectivity index (χ0n) is 10.9. The molecular weight excluding hydrogens is 234 g/mol. The number of aliphatic carboxylic acids is 1. The van der Waals surface area contributed by atoms with E-state index in [-0.39, 0.29) is 17.9 Å². The number of alkyl carbamates (subject to hydrolysis) is 1. The first-order valence-electron chi connectivity index (χ1n) is 6.49. The summed E-state index contributed by atoms with van der Waals surface area (Å²) < 4.78 is 5.22. The van der Waals surface area contributed by atoms with Crippen molar-refractivity contribution >= 4 is 12.1 Å². The van der Waals surface area contributed by atoms with E-state index in [2.05, 4.69) is 5.32 Å². The van der Waals surface area contributed by atoms with Gasteiger partial charge in [-0.3, -0.25) is 4.79 Å². The van der Waals surface area contributed by atoms with Gasteiger partial charge in [-0.25, -0.2) is 4.79 Å². The summed E-state index contributed by atoms with van der Waals surface area (Å²) >= 11 is 0. The van der Waals surface area contributed by atoms with Crippen molar-refractivity contribution in [1.82, 2.24) is 5.32 Å². The highest BCUT2D eigenvalue weighted by atomic mass is 16.6. The number of hydrogen-bond donors (Lipinski definition) is 2. The molecule has 18 heavy (non-hydrogen) atoms. The number of nitrogens with one attached hydrogen (secondary N) is 1. The molecule has 0 aromatic rings. The quantitative estimate of drug-likeness (QED) is 0.784. The smallest absolute Gasteiger partial charge is 0.407 e. The van der Waals surface area contributed by atoms with Crippen LogP contribution in [-0.4, -0.2) is 28.8 Å². The summed E-state index contributed by atoms with van der Waals surface area (Å²) in [7, 11) is 0. The highest BCUT2D eigenvalue weighted by molar-refractivity contribution is 5.84. The van der Waals surface area contributed by atoms with Crippen LogP contribution in [-0.2, 0) is 9.53 Å². The molecule has 0 aromatic carbocycles. The predicted molar refractivity (Wildman–Crippen MR) is 62.9 cm³/mol. The molecular formula is C13H19NO4. The van der Waals surface area contributed by atoms with E-state index in [0.29, 0.717) is 5.92 Å². The van der Waals surface area contributed by atoms with Crippen LogP contribution in [0.5, 0.6) is 0 Å². The summed E-state index contributed by atoms with van der Waals surface area (Å²) in [5.74, 6) is 0.127. The van der Waals surface area contributed by atoms with Crippen molar-refractivity contribution < 1.29 is 19.4 Å². The van der Waals surface area contributed by atoms with Gasteiger partial charge in [-0.15, -0.1) is 0 Å². The number of carboxylic acids is 1. The van der Waals surface area contributed by atoms with Crippen LogP contribution in [0, 0.1) is 23.2 Å². The van der Waals surface area contributed by atoms with Gasteiger partial charge in [0.2, 0.25) is 0 Å². The first-order valence-corrected chi connectivity index (χ1v) is 6.49. The Labute approximate surface area is 106 Å². The second-order valence-corrected chi connectivity index (χ2v) is 6.81. The molecule has 5 heteroatoms. The number of rotatable bonds is 2. The van der Waals surface area contributed by atoms with E-state index in [0.717, 1.165) is 12.8 Å². The van der Waals surface area contributed by atoms with Crippen molar-refractivity contribution in [2.75, 3.05) is 0 Å². The lowest BCUT2D eigenvalue weighted by atomic mass is 9.98. The number of amides is 1. The Morgan fingerprint density at radius 1 is 1.28 bits per heavy atom. The summed E-state index contributed by atoms with van der Waals surface area (Å²) in [5.41, 5.74) is -1.23. The average molecular weight is 253 g/mol. The fourth-order valence-electron chi connectivity index (χ4n) is 4.28. The zero-order valence-corrected chi connectivity index (χ0v) is 10.9. The van der Waals surface area contributed by atoms with Crippen LogP contribution in [0.1, 0.15) is 33.6 Å². The minimum absolute atomic E-state index is 0.236. The minimum atomic E-state index is -0.751. The lowest BCUT2D eigenvalue weighted by Crippen LogP contribution is -2.46. The number of carboxylic acid groups (broad SMARTS) is 1. The van der Waals surface area contributed by atoms with Gasteiger partial charge in [0, 0.05) is 0 Å². The first-order chi connectivity index (χ1) is 8.26. The maximum atomic E-state index is 11.8. The van der Waals surface area contributed by atoms with Crippen molar-refractivity contribution in [3.63, 3.8) is 0 Å². The Hall–Kier alpha value is -1.26. The summed E-state index contributed by atoms with van der Waals surface area (Å²) in [4.78, 5) is 23.3. The Balaban J connectivity index is 1.71. The fourth-order valence-corrected chi connectivity index (χ4v) is 4.28. The maximum Gasteiger partial charge on any atom is 0.407 e. The Kier molecular flexibility index (Phi) is 2.09. The van der Waals surface area contributed by atoms with Gasteiger partial charge in [-0.1, -0.05) is 0 Å². The summed E-state index contributed by atoms with van der Waals surface area (Å²) in [6.07, 6.45) is 1.39. The fraction of sp³-hybridized carbons (Fsp3) is 0.846. The normalized spacial score (nSPS) is 43.7. The third-order valence-electron chi connectivity index (χ3n) is 4.75. The molecule has 3 unspecified atom stereocenters. The lowest BCUT2D eigenvalue weighted by molar-refractivity contribution is -0.144. The lowest BCUT2D eigenvalue weighted by Gasteiger charge is -2.25. The molecule has 4 aliphatic carbocycles. The standard InChI is InChI=1S/C13H19NO4/c1-12(2,3)18-11(17)14-9-6-4-7-8(5-6)13(7,9)10(15)16/h6-9H,4-5H2,1-3H3,(H,14,17)(H,15,16). The Morgan fingerprint density at radius 2 is 1.83 bits per heavy atom. The second-order valence-electron chi connectivity index (χ2n) is 6.81. The van der Waals surface area contributed by atoms with Gasteiger partial charge in [-0.2, -0.15) is 0 Å². The highest BCUT2D eigenvalue weighted by Crippen LogP contribution is 2.79. The maximum absolute atomic E-state index is 11.8. The van der Waals surface area contributed by atoms with Gasteiger partial charge < -0.3 is 15.2 Å². The molecule has 0 saturated heterocycles. The van der Waals surface area contributed by atoms with Crippen molar-refractivity contribution in [2.45, 2.75) is 45.3 Å². The third-order valence-corrected chi connectivity index (χ3v) is 4.75. The molecule has 0 radical (unpaired) electrons. The van der Waals surface area contributed by atoms with Crippen molar-refractivity contribution in [3.8, 4) is 0 Å². The van der Waals surface area contributed by atoms with Crippen molar-refractivity contribution in [3.05, 3.63) is 0 Å². The molecule has 0 aromatic heterocycles. The van der Waals surface area contributed by atoms with Crippen LogP contribution in [0.15, 0.2) is 0 Å². The third kappa shape index (κ3) is 1.33. The molecule has 0 heterocycles. The molecule has 2 N–H and O–H groups in total. The predicted octanol–water partition coefficient (Wildman–Crippen LogP) is 1.62. The van der Waals surface area contributed by atoms with Crippen LogP contribution in [0.25, 0.3) is 0 Å². The molecule has 0 aliphatic heterocycles. The largest absolute Gasteiger partial charge is 0.481 e. The molecule has 1 amide bonds. The van der Waals surface area contributed by atoms with Crippen LogP contribution in [0.3, 0.4) is 0 Å². The van der Waals surface area contributed by atoms with E-state index in [4.69, 9.17) is 4.74 Å². The average Bonchev–Trinajstić information content (AvgIpc) is 2.57. The summed E-state index contributed by atoms with van der Waals surface area (Å²) in [5, 5.41) is 12.2. The molecule has 100 valence electrons. The van der Waals surface area contributed by atoms with Crippen molar-refractivity contribution in [2.24, 2.45) is 23.2 Å². The van der Waals surface area contributed by atoms with Crippen LogP contribution in [0.4, 0.5) is 4.79 Å². The van der Waals surface area contributed by atoms with E-state index in [1.807, 2.05) is 0 Å².